The number of anilines is 1. The van der Waals surface area contributed by atoms with Crippen molar-refractivity contribution in [1.82, 2.24) is 9.47 Å². The first-order valence-electron chi connectivity index (χ1n) is 7.32. The van der Waals surface area contributed by atoms with Crippen molar-refractivity contribution in [2.45, 2.75) is 33.4 Å². The third-order valence-corrected chi connectivity index (χ3v) is 4.10. The molecule has 0 bridgehead atoms. The van der Waals surface area contributed by atoms with Gasteiger partial charge in [-0.25, -0.2) is 4.79 Å². The number of hydrogen-bond donors (Lipinski definition) is 1. The topological polar surface area (TPSA) is 37.3 Å². The maximum atomic E-state index is 12.6. The first kappa shape index (κ1) is 16.4. The monoisotopic (exact) mass is 319 g/mol. The lowest BCUT2D eigenvalue weighted by atomic mass is 10.2. The lowest BCUT2D eigenvalue weighted by Crippen LogP contribution is -2.39. The standard InChI is InChI=1S/C17H22ClN3O/c1-12(2)21(11-15-6-5-9-20(15)4)17(22)19-14-8-7-13(3)16(18)10-14/h5-10,12H,11H2,1-4H3,(H,19,22). The number of halogens is 1. The van der Waals surface area contributed by atoms with Crippen molar-refractivity contribution in [2.75, 3.05) is 5.32 Å². The Labute approximate surface area is 136 Å². The molecule has 0 radical (unpaired) electrons. The van der Waals surface area contributed by atoms with Crippen LogP contribution in [0.2, 0.25) is 5.02 Å². The molecule has 2 rings (SSSR count). The summed E-state index contributed by atoms with van der Waals surface area (Å²) in [6.45, 7) is 6.51. The van der Waals surface area contributed by atoms with Crippen LogP contribution >= 0.6 is 11.6 Å². The lowest BCUT2D eigenvalue weighted by molar-refractivity contribution is 0.192. The van der Waals surface area contributed by atoms with Crippen molar-refractivity contribution < 1.29 is 4.79 Å². The molecule has 0 aliphatic heterocycles. The van der Waals surface area contributed by atoms with Crippen LogP contribution in [0.15, 0.2) is 36.5 Å². The molecule has 1 aromatic carbocycles. The van der Waals surface area contributed by atoms with Crippen molar-refractivity contribution in [2.24, 2.45) is 7.05 Å². The Bertz CT molecular complexity index is 664. The van der Waals surface area contributed by atoms with Gasteiger partial charge in [0.25, 0.3) is 0 Å². The molecule has 0 unspecified atom stereocenters. The SMILES string of the molecule is Cc1ccc(NC(=O)N(Cc2cccn2C)C(C)C)cc1Cl. The van der Waals surface area contributed by atoms with Crippen LogP contribution in [0, 0.1) is 6.92 Å². The number of carbonyl (C=O) groups is 1. The molecule has 2 aromatic rings. The molecule has 1 heterocycles. The summed E-state index contributed by atoms with van der Waals surface area (Å²) < 4.78 is 2.02. The highest BCUT2D eigenvalue weighted by Crippen LogP contribution is 2.21. The van der Waals surface area contributed by atoms with Crippen LogP contribution in [0.1, 0.15) is 25.1 Å². The lowest BCUT2D eigenvalue weighted by Gasteiger charge is -2.27. The second-order valence-electron chi connectivity index (χ2n) is 5.73. The van der Waals surface area contributed by atoms with Crippen LogP contribution in [-0.4, -0.2) is 21.5 Å². The third-order valence-electron chi connectivity index (χ3n) is 3.69. The Morgan fingerprint density at radius 2 is 2.09 bits per heavy atom. The number of amides is 2. The molecular weight excluding hydrogens is 298 g/mol. The van der Waals surface area contributed by atoms with E-state index in [1.165, 1.54) is 0 Å². The van der Waals surface area contributed by atoms with Gasteiger partial charge in [-0.3, -0.25) is 0 Å². The highest BCUT2D eigenvalue weighted by molar-refractivity contribution is 6.31. The number of nitrogens with zero attached hydrogens (tertiary/aromatic N) is 2. The molecule has 22 heavy (non-hydrogen) atoms. The second-order valence-corrected chi connectivity index (χ2v) is 6.13. The number of nitrogens with one attached hydrogen (secondary N) is 1. The van der Waals surface area contributed by atoms with Gasteiger partial charge in [-0.2, -0.15) is 0 Å². The first-order valence-corrected chi connectivity index (χ1v) is 7.70. The minimum Gasteiger partial charge on any atom is -0.353 e. The molecule has 118 valence electrons. The van der Waals surface area contributed by atoms with Crippen LogP contribution in [0.25, 0.3) is 0 Å². The van der Waals surface area contributed by atoms with Gasteiger partial charge in [0.2, 0.25) is 0 Å². The molecule has 4 nitrogen and oxygen atoms in total. The van der Waals surface area contributed by atoms with Gasteiger partial charge in [0, 0.05) is 35.7 Å². The van der Waals surface area contributed by atoms with Crippen LogP contribution in [0.5, 0.6) is 0 Å². The van der Waals surface area contributed by atoms with Gasteiger partial charge in [0.15, 0.2) is 0 Å². The molecule has 0 spiro atoms. The summed E-state index contributed by atoms with van der Waals surface area (Å²) in [5, 5.41) is 3.57. The predicted octanol–water partition coefficient (Wildman–Crippen LogP) is 4.43. The zero-order chi connectivity index (χ0) is 16.3. The summed E-state index contributed by atoms with van der Waals surface area (Å²) >= 11 is 6.11. The third kappa shape index (κ3) is 3.83. The highest BCUT2D eigenvalue weighted by atomic mass is 35.5. The minimum atomic E-state index is -0.129. The number of aromatic nitrogens is 1. The van der Waals surface area contributed by atoms with Gasteiger partial charge < -0.3 is 14.8 Å². The average molecular weight is 320 g/mol. The molecule has 5 heteroatoms. The average Bonchev–Trinajstić information content (AvgIpc) is 2.85. The van der Waals surface area contributed by atoms with Crippen LogP contribution in [0.3, 0.4) is 0 Å². The van der Waals surface area contributed by atoms with Crippen molar-refractivity contribution in [1.29, 1.82) is 0 Å². The molecule has 1 N–H and O–H groups in total. The summed E-state index contributed by atoms with van der Waals surface area (Å²) in [5.74, 6) is 0. The van der Waals surface area contributed by atoms with E-state index in [4.69, 9.17) is 11.6 Å². The van der Waals surface area contributed by atoms with Gasteiger partial charge in [-0.05, 0) is 50.6 Å². The quantitative estimate of drug-likeness (QED) is 0.889. The first-order chi connectivity index (χ1) is 10.4. The van der Waals surface area contributed by atoms with E-state index in [9.17, 15) is 4.79 Å². The predicted molar refractivity (Wildman–Crippen MR) is 91.3 cm³/mol. The fourth-order valence-corrected chi connectivity index (χ4v) is 2.37. The van der Waals surface area contributed by atoms with Gasteiger partial charge in [-0.15, -0.1) is 0 Å². The van der Waals surface area contributed by atoms with Crippen molar-refractivity contribution >= 4 is 23.3 Å². The molecule has 1 aromatic heterocycles. The fourth-order valence-electron chi connectivity index (χ4n) is 2.19. The smallest absolute Gasteiger partial charge is 0.322 e. The van der Waals surface area contributed by atoms with Crippen LogP contribution in [-0.2, 0) is 13.6 Å². The summed E-state index contributed by atoms with van der Waals surface area (Å²) in [6.07, 6.45) is 1.98. The number of benzene rings is 1. The molecule has 0 atom stereocenters. The van der Waals surface area contributed by atoms with Gasteiger partial charge in [0.05, 0.1) is 6.54 Å². The van der Waals surface area contributed by atoms with Crippen molar-refractivity contribution in [3.05, 3.63) is 52.8 Å². The van der Waals surface area contributed by atoms with E-state index in [-0.39, 0.29) is 12.1 Å². The van der Waals surface area contributed by atoms with Gasteiger partial charge in [-0.1, -0.05) is 17.7 Å². The normalized spacial score (nSPS) is 10.8. The Kier molecular flexibility index (Phi) is 5.14. The zero-order valence-corrected chi connectivity index (χ0v) is 14.2. The minimum absolute atomic E-state index is 0.0934. The van der Waals surface area contributed by atoms with Crippen LogP contribution in [0.4, 0.5) is 10.5 Å². The summed E-state index contributed by atoms with van der Waals surface area (Å²) in [7, 11) is 1.98. The zero-order valence-electron chi connectivity index (χ0n) is 13.4. The van der Waals surface area contributed by atoms with E-state index in [2.05, 4.69) is 5.32 Å². The summed E-state index contributed by atoms with van der Waals surface area (Å²) in [6, 6.07) is 9.49. The number of carbonyl (C=O) groups excluding carboxylic acids is 1. The van der Waals surface area contributed by atoms with E-state index >= 15 is 0 Å². The fraction of sp³-hybridized carbons (Fsp3) is 0.353. The van der Waals surface area contributed by atoms with Gasteiger partial charge in [0.1, 0.15) is 0 Å². The Morgan fingerprint density at radius 3 is 2.64 bits per heavy atom. The molecule has 0 aliphatic rings. The molecular formula is C17H22ClN3O. The van der Waals surface area contributed by atoms with E-state index in [0.717, 1.165) is 11.3 Å². The Morgan fingerprint density at radius 1 is 1.36 bits per heavy atom. The summed E-state index contributed by atoms with van der Waals surface area (Å²) in [5.41, 5.74) is 2.79. The maximum absolute atomic E-state index is 12.6. The molecule has 0 saturated heterocycles. The number of urea groups is 1. The second kappa shape index (κ2) is 6.88. The Hall–Kier alpha value is -1.94. The van der Waals surface area contributed by atoms with E-state index in [1.807, 2.05) is 62.8 Å². The number of rotatable bonds is 4. The van der Waals surface area contributed by atoms with E-state index < -0.39 is 0 Å². The van der Waals surface area contributed by atoms with Gasteiger partial charge >= 0.3 is 6.03 Å². The van der Waals surface area contributed by atoms with E-state index in [1.54, 1.807) is 11.0 Å². The highest BCUT2D eigenvalue weighted by Gasteiger charge is 2.18. The van der Waals surface area contributed by atoms with Crippen LogP contribution < -0.4 is 5.32 Å². The van der Waals surface area contributed by atoms with Crippen molar-refractivity contribution in [3.63, 3.8) is 0 Å². The largest absolute Gasteiger partial charge is 0.353 e. The molecule has 0 saturated carbocycles. The molecule has 0 aliphatic carbocycles. The Balaban J connectivity index is 2.12. The number of hydrogen-bond acceptors (Lipinski definition) is 1. The molecule has 2 amide bonds. The van der Waals surface area contributed by atoms with E-state index in [0.29, 0.717) is 17.3 Å². The number of aryl methyl sites for hydroxylation is 2. The molecule has 0 fully saturated rings. The summed E-state index contributed by atoms with van der Waals surface area (Å²) in [4.78, 5) is 14.3. The van der Waals surface area contributed by atoms with Crippen molar-refractivity contribution in [3.8, 4) is 0 Å². The maximum Gasteiger partial charge on any atom is 0.322 e.